The van der Waals surface area contributed by atoms with Gasteiger partial charge >= 0.3 is 17.8 Å². The molecule has 1 aliphatic rings. The smallest absolute Gasteiger partial charge is 0.352 e. The summed E-state index contributed by atoms with van der Waals surface area (Å²) in [5.41, 5.74) is -1.22. The van der Waals surface area contributed by atoms with Crippen molar-refractivity contribution in [2.24, 2.45) is 7.05 Å². The summed E-state index contributed by atoms with van der Waals surface area (Å²) in [6, 6.07) is 0. The zero-order valence-electron chi connectivity index (χ0n) is 12.8. The molecule has 2 aromatic heterocycles. The van der Waals surface area contributed by atoms with Crippen LogP contribution in [0.4, 0.5) is 19.0 Å². The van der Waals surface area contributed by atoms with Gasteiger partial charge in [0.05, 0.1) is 0 Å². The molecule has 9 nitrogen and oxygen atoms in total. The summed E-state index contributed by atoms with van der Waals surface area (Å²) < 4.78 is 38.8. The number of rotatable bonds is 2. The Morgan fingerprint density at radius 1 is 1.28 bits per heavy atom. The second-order valence-corrected chi connectivity index (χ2v) is 5.58. The quantitative estimate of drug-likeness (QED) is 0.715. The fraction of sp³-hybridized carbons (Fsp3) is 0.500. The number of imidazole rings is 1. The van der Waals surface area contributed by atoms with Crippen molar-refractivity contribution in [1.82, 2.24) is 24.6 Å². The molecule has 0 atom stereocenters. The Kier molecular flexibility index (Phi) is 4.33. The summed E-state index contributed by atoms with van der Waals surface area (Å²) in [5, 5.41) is 2.92. The largest absolute Gasteiger partial charge is 0.493 e. The third kappa shape index (κ3) is 3.14. The van der Waals surface area contributed by atoms with Crippen LogP contribution in [-0.2, 0) is 11.8 Å². The predicted octanol–water partition coefficient (Wildman–Crippen LogP) is -0.290. The van der Waals surface area contributed by atoms with E-state index in [1.54, 1.807) is 4.90 Å². The SMILES string of the molecule is Cn1c(=O)n(OC(=O)C(F)(F)F)c2c(N3CCNCC3)nc(Cl)nc21. The Morgan fingerprint density at radius 2 is 1.92 bits per heavy atom. The van der Waals surface area contributed by atoms with Gasteiger partial charge in [-0.25, -0.2) is 9.59 Å². The molecule has 2 aromatic rings. The van der Waals surface area contributed by atoms with Gasteiger partial charge in [0.1, 0.15) is 0 Å². The molecule has 1 fully saturated rings. The Bertz CT molecular complexity index is 887. The van der Waals surface area contributed by atoms with E-state index in [0.29, 0.717) is 26.2 Å². The standard InChI is InChI=1S/C12H12ClF3N6O3/c1-20-7-6(22(11(20)24)25-9(23)12(14,15)16)8(19-10(13)18-7)21-4-2-17-3-5-21/h17H,2-5H2,1H3. The number of aryl methyl sites for hydroxylation is 1. The maximum atomic E-state index is 12.5. The van der Waals surface area contributed by atoms with Gasteiger partial charge in [0.2, 0.25) is 5.28 Å². The summed E-state index contributed by atoms with van der Waals surface area (Å²) in [7, 11) is 1.27. The lowest BCUT2D eigenvalue weighted by Gasteiger charge is -2.28. The molecule has 0 saturated carbocycles. The molecule has 0 spiro atoms. The molecule has 0 bridgehead atoms. The van der Waals surface area contributed by atoms with E-state index >= 15 is 0 Å². The summed E-state index contributed by atoms with van der Waals surface area (Å²) in [6.45, 7) is 2.14. The molecular weight excluding hydrogens is 369 g/mol. The molecule has 1 saturated heterocycles. The van der Waals surface area contributed by atoms with Crippen molar-refractivity contribution in [1.29, 1.82) is 0 Å². The lowest BCUT2D eigenvalue weighted by molar-refractivity contribution is -0.199. The highest BCUT2D eigenvalue weighted by Crippen LogP contribution is 2.25. The van der Waals surface area contributed by atoms with E-state index in [-0.39, 0.29) is 27.0 Å². The first kappa shape index (κ1) is 17.5. The Morgan fingerprint density at radius 3 is 2.52 bits per heavy atom. The molecule has 0 radical (unpaired) electrons. The van der Waals surface area contributed by atoms with Crippen molar-refractivity contribution in [3.63, 3.8) is 0 Å². The zero-order chi connectivity index (χ0) is 18.4. The van der Waals surface area contributed by atoms with E-state index in [1.165, 1.54) is 7.05 Å². The van der Waals surface area contributed by atoms with Crippen LogP contribution in [0.1, 0.15) is 0 Å². The van der Waals surface area contributed by atoms with Crippen molar-refractivity contribution in [2.75, 3.05) is 31.1 Å². The van der Waals surface area contributed by atoms with Crippen LogP contribution in [0.15, 0.2) is 4.79 Å². The summed E-state index contributed by atoms with van der Waals surface area (Å²) in [6.07, 6.45) is -5.26. The van der Waals surface area contributed by atoms with Gasteiger partial charge in [-0.1, -0.05) is 0 Å². The van der Waals surface area contributed by atoms with Gasteiger partial charge in [0.15, 0.2) is 17.0 Å². The Balaban J connectivity index is 2.20. The number of hydrogen-bond donors (Lipinski definition) is 1. The molecule has 3 rings (SSSR count). The zero-order valence-corrected chi connectivity index (χ0v) is 13.6. The van der Waals surface area contributed by atoms with E-state index in [2.05, 4.69) is 20.1 Å². The number of nitrogens with zero attached hydrogens (tertiary/aromatic N) is 5. The number of anilines is 1. The summed E-state index contributed by atoms with van der Waals surface area (Å²) in [5.74, 6) is -2.41. The maximum Gasteiger partial charge on any atom is 0.493 e. The number of alkyl halides is 3. The molecule has 1 aliphatic heterocycles. The minimum Gasteiger partial charge on any atom is -0.352 e. The molecule has 3 heterocycles. The van der Waals surface area contributed by atoms with Crippen LogP contribution >= 0.6 is 11.6 Å². The third-order valence-electron chi connectivity index (χ3n) is 3.62. The van der Waals surface area contributed by atoms with Gasteiger partial charge in [-0.05, 0) is 11.6 Å². The topological polar surface area (TPSA) is 94.3 Å². The van der Waals surface area contributed by atoms with Crippen molar-refractivity contribution in [3.8, 4) is 0 Å². The number of carbonyl (C=O) groups is 1. The highest BCUT2D eigenvalue weighted by molar-refractivity contribution is 6.28. The van der Waals surface area contributed by atoms with E-state index in [9.17, 15) is 22.8 Å². The first-order valence-electron chi connectivity index (χ1n) is 7.10. The molecule has 0 aromatic carbocycles. The van der Waals surface area contributed by atoms with Gasteiger partial charge in [-0.3, -0.25) is 4.57 Å². The number of aromatic nitrogens is 4. The number of nitrogens with one attached hydrogen (secondary N) is 1. The van der Waals surface area contributed by atoms with Gasteiger partial charge in [0.25, 0.3) is 0 Å². The van der Waals surface area contributed by atoms with Crippen LogP contribution in [-0.4, -0.2) is 57.6 Å². The lowest BCUT2D eigenvalue weighted by Crippen LogP contribution is -2.44. The van der Waals surface area contributed by atoms with Crippen molar-refractivity contribution >= 4 is 34.6 Å². The fourth-order valence-electron chi connectivity index (χ4n) is 2.46. The highest BCUT2D eigenvalue weighted by atomic mass is 35.5. The normalized spacial score (nSPS) is 15.6. The van der Waals surface area contributed by atoms with Gasteiger partial charge < -0.3 is 15.1 Å². The maximum absolute atomic E-state index is 12.5. The molecular formula is C12H12ClF3N6O3. The number of piperazine rings is 1. The minimum absolute atomic E-state index is 0.0477. The van der Waals surface area contributed by atoms with Crippen LogP contribution in [0.5, 0.6) is 0 Å². The van der Waals surface area contributed by atoms with Crippen molar-refractivity contribution < 1.29 is 22.8 Å². The van der Waals surface area contributed by atoms with Crippen molar-refractivity contribution in [3.05, 3.63) is 15.8 Å². The van der Waals surface area contributed by atoms with E-state index in [0.717, 1.165) is 4.57 Å². The summed E-state index contributed by atoms with van der Waals surface area (Å²) >= 11 is 5.88. The first-order valence-corrected chi connectivity index (χ1v) is 7.48. The third-order valence-corrected chi connectivity index (χ3v) is 3.79. The van der Waals surface area contributed by atoms with Gasteiger partial charge in [-0.15, -0.1) is 4.73 Å². The molecule has 25 heavy (non-hydrogen) atoms. The number of halogens is 4. The van der Waals surface area contributed by atoms with Crippen LogP contribution in [0.2, 0.25) is 5.28 Å². The van der Waals surface area contributed by atoms with Crippen LogP contribution in [0, 0.1) is 0 Å². The number of hydrogen-bond acceptors (Lipinski definition) is 7. The summed E-state index contributed by atoms with van der Waals surface area (Å²) in [4.78, 5) is 37.3. The minimum atomic E-state index is -5.26. The highest BCUT2D eigenvalue weighted by Gasteiger charge is 2.43. The predicted molar refractivity (Wildman–Crippen MR) is 80.5 cm³/mol. The molecule has 0 aliphatic carbocycles. The lowest BCUT2D eigenvalue weighted by atomic mass is 10.3. The Labute approximate surface area is 142 Å². The van der Waals surface area contributed by atoms with E-state index in [1.807, 2.05) is 0 Å². The molecule has 0 unspecified atom stereocenters. The van der Waals surface area contributed by atoms with Crippen LogP contribution in [0.3, 0.4) is 0 Å². The van der Waals surface area contributed by atoms with Crippen molar-refractivity contribution in [2.45, 2.75) is 6.18 Å². The molecule has 13 heteroatoms. The van der Waals surface area contributed by atoms with Crippen LogP contribution in [0.25, 0.3) is 11.2 Å². The second-order valence-electron chi connectivity index (χ2n) is 5.24. The first-order chi connectivity index (χ1) is 11.7. The second kappa shape index (κ2) is 6.19. The van der Waals surface area contributed by atoms with Gasteiger partial charge in [0, 0.05) is 33.2 Å². The monoisotopic (exact) mass is 380 g/mol. The van der Waals surface area contributed by atoms with Gasteiger partial charge in [-0.2, -0.15) is 23.1 Å². The number of carbonyl (C=O) groups excluding carboxylic acids is 1. The average molecular weight is 381 g/mol. The fourth-order valence-corrected chi connectivity index (χ4v) is 2.62. The van der Waals surface area contributed by atoms with E-state index < -0.39 is 17.8 Å². The Hall–Kier alpha value is -2.34. The molecule has 1 N–H and O–H groups in total. The molecule has 136 valence electrons. The molecule has 0 amide bonds. The van der Waals surface area contributed by atoms with Crippen LogP contribution < -0.4 is 20.7 Å². The average Bonchev–Trinajstić information content (AvgIpc) is 2.79. The van der Waals surface area contributed by atoms with E-state index in [4.69, 9.17) is 11.6 Å². The number of fused-ring (bicyclic) bond motifs is 1.